The van der Waals surface area contributed by atoms with Gasteiger partial charge in [-0.15, -0.1) is 0 Å². The van der Waals surface area contributed by atoms with E-state index in [1.807, 2.05) is 6.07 Å². The van der Waals surface area contributed by atoms with Crippen LogP contribution in [0.15, 0.2) is 18.2 Å². The molecular weight excluding hydrogens is 266 g/mol. The van der Waals surface area contributed by atoms with E-state index >= 15 is 0 Å². The summed E-state index contributed by atoms with van der Waals surface area (Å²) in [6.45, 7) is 2.04. The molecule has 0 fully saturated rings. The molecule has 6 nitrogen and oxygen atoms in total. The molecule has 0 aromatic heterocycles. The highest BCUT2D eigenvalue weighted by atomic mass is 32.2. The van der Waals surface area contributed by atoms with Crippen molar-refractivity contribution in [3.05, 3.63) is 18.2 Å². The van der Waals surface area contributed by atoms with Crippen LogP contribution in [0.1, 0.15) is 13.3 Å². The number of anilines is 2. The molecule has 0 aliphatic heterocycles. The second-order valence-electron chi connectivity index (χ2n) is 3.76. The number of rotatable bonds is 7. The monoisotopic (exact) mass is 283 g/mol. The van der Waals surface area contributed by atoms with Gasteiger partial charge in [-0.25, -0.2) is 8.42 Å². The highest BCUT2D eigenvalue weighted by molar-refractivity contribution is 7.92. The maximum atomic E-state index is 11.5. The summed E-state index contributed by atoms with van der Waals surface area (Å²) in [7, 11) is -1.78. The van der Waals surface area contributed by atoms with Crippen molar-refractivity contribution in [2.45, 2.75) is 13.3 Å². The van der Waals surface area contributed by atoms with E-state index in [0.717, 1.165) is 0 Å². The van der Waals surface area contributed by atoms with Gasteiger partial charge in [0.15, 0.2) is 0 Å². The fourth-order valence-electron chi connectivity index (χ4n) is 1.41. The van der Waals surface area contributed by atoms with Gasteiger partial charge in [-0.1, -0.05) is 0 Å². The van der Waals surface area contributed by atoms with Crippen molar-refractivity contribution in [1.29, 1.82) is 5.26 Å². The number of ether oxygens (including phenoxy) is 1. The second kappa shape index (κ2) is 6.85. The summed E-state index contributed by atoms with van der Waals surface area (Å²) in [6, 6.07) is 6.96. The highest BCUT2D eigenvalue weighted by Crippen LogP contribution is 2.28. The molecule has 0 saturated heterocycles. The molecule has 0 aliphatic carbocycles. The number of sulfonamides is 1. The summed E-state index contributed by atoms with van der Waals surface area (Å²) < 4.78 is 30.6. The van der Waals surface area contributed by atoms with Crippen LogP contribution in [0.5, 0.6) is 5.75 Å². The zero-order valence-electron chi connectivity index (χ0n) is 10.9. The molecule has 0 radical (unpaired) electrons. The quantitative estimate of drug-likeness (QED) is 0.744. The SMILES string of the molecule is CCS(=O)(=O)Nc1ccc(OC)c(NCCC#N)c1. The maximum Gasteiger partial charge on any atom is 0.232 e. The number of hydrogen-bond acceptors (Lipinski definition) is 5. The molecule has 104 valence electrons. The Hall–Kier alpha value is -1.94. The van der Waals surface area contributed by atoms with Crippen LogP contribution in [-0.4, -0.2) is 27.8 Å². The molecule has 0 aliphatic rings. The van der Waals surface area contributed by atoms with Gasteiger partial charge in [0.2, 0.25) is 10.0 Å². The first-order chi connectivity index (χ1) is 9.02. The highest BCUT2D eigenvalue weighted by Gasteiger charge is 2.09. The van der Waals surface area contributed by atoms with Crippen LogP contribution in [0.4, 0.5) is 11.4 Å². The number of methoxy groups -OCH3 is 1. The number of nitrogens with one attached hydrogen (secondary N) is 2. The van der Waals surface area contributed by atoms with E-state index in [0.29, 0.717) is 30.1 Å². The van der Waals surface area contributed by atoms with Gasteiger partial charge in [0, 0.05) is 6.54 Å². The molecular formula is C12H17N3O3S. The van der Waals surface area contributed by atoms with Crippen LogP contribution < -0.4 is 14.8 Å². The lowest BCUT2D eigenvalue weighted by molar-refractivity contribution is 0.416. The number of hydrogen-bond donors (Lipinski definition) is 2. The lowest BCUT2D eigenvalue weighted by atomic mass is 10.2. The molecule has 7 heteroatoms. The molecule has 0 unspecified atom stereocenters. The summed E-state index contributed by atoms with van der Waals surface area (Å²) in [6.07, 6.45) is 0.355. The van der Waals surface area contributed by atoms with Crippen LogP contribution in [0, 0.1) is 11.3 Å². The molecule has 1 rings (SSSR count). The molecule has 0 bridgehead atoms. The van der Waals surface area contributed by atoms with Crippen molar-refractivity contribution in [1.82, 2.24) is 0 Å². The third-order valence-electron chi connectivity index (χ3n) is 2.41. The first-order valence-corrected chi connectivity index (χ1v) is 7.47. The lowest BCUT2D eigenvalue weighted by Crippen LogP contribution is -2.14. The summed E-state index contributed by atoms with van der Waals surface area (Å²) in [5.74, 6) is 0.605. The zero-order valence-corrected chi connectivity index (χ0v) is 11.8. The Morgan fingerprint density at radius 3 is 2.74 bits per heavy atom. The van der Waals surface area contributed by atoms with E-state index in [1.54, 1.807) is 25.1 Å². The number of nitrogens with zero attached hydrogens (tertiary/aromatic N) is 1. The van der Waals surface area contributed by atoms with E-state index < -0.39 is 10.0 Å². The van der Waals surface area contributed by atoms with Crippen molar-refractivity contribution in [3.8, 4) is 11.8 Å². The average Bonchev–Trinajstić information content (AvgIpc) is 2.39. The van der Waals surface area contributed by atoms with Gasteiger partial charge in [0.1, 0.15) is 5.75 Å². The molecule has 19 heavy (non-hydrogen) atoms. The molecule has 0 amide bonds. The molecule has 0 saturated carbocycles. The number of nitriles is 1. The first-order valence-electron chi connectivity index (χ1n) is 5.81. The Bertz CT molecular complexity index is 564. The van der Waals surface area contributed by atoms with Crippen LogP contribution in [0.3, 0.4) is 0 Å². The molecule has 1 aromatic rings. The maximum absolute atomic E-state index is 11.5. The fraction of sp³-hybridized carbons (Fsp3) is 0.417. The minimum absolute atomic E-state index is 0.0101. The van der Waals surface area contributed by atoms with Crippen LogP contribution in [0.2, 0.25) is 0 Å². The Kier molecular flexibility index (Phi) is 5.45. The average molecular weight is 283 g/mol. The van der Waals surface area contributed by atoms with Gasteiger partial charge in [-0.2, -0.15) is 5.26 Å². The lowest BCUT2D eigenvalue weighted by Gasteiger charge is -2.13. The Morgan fingerprint density at radius 2 is 2.16 bits per heavy atom. The third kappa shape index (κ3) is 4.67. The van der Waals surface area contributed by atoms with Gasteiger partial charge in [-0.3, -0.25) is 4.72 Å². The Balaban J connectivity index is 2.92. The van der Waals surface area contributed by atoms with Gasteiger partial charge < -0.3 is 10.1 Å². The van der Waals surface area contributed by atoms with Crippen molar-refractivity contribution >= 4 is 21.4 Å². The van der Waals surface area contributed by atoms with Crippen molar-refractivity contribution < 1.29 is 13.2 Å². The minimum atomic E-state index is -3.30. The normalized spacial score (nSPS) is 10.6. The standard InChI is InChI=1S/C12H17N3O3S/c1-3-19(16,17)15-10-5-6-12(18-2)11(9-10)14-8-4-7-13/h5-6,9,14-15H,3-4,8H2,1-2H3. The Labute approximate surface area is 113 Å². The van der Waals surface area contributed by atoms with Crippen molar-refractivity contribution in [2.24, 2.45) is 0 Å². The van der Waals surface area contributed by atoms with Crippen molar-refractivity contribution in [3.63, 3.8) is 0 Å². The van der Waals surface area contributed by atoms with E-state index in [9.17, 15) is 8.42 Å². The van der Waals surface area contributed by atoms with E-state index in [4.69, 9.17) is 10.00 Å². The molecule has 1 aromatic carbocycles. The fourth-order valence-corrected chi connectivity index (χ4v) is 2.04. The molecule has 0 spiro atoms. The van der Waals surface area contributed by atoms with Crippen molar-refractivity contribution in [2.75, 3.05) is 29.4 Å². The van der Waals surface area contributed by atoms with Crippen LogP contribution >= 0.6 is 0 Å². The first kappa shape index (κ1) is 15.1. The third-order valence-corrected chi connectivity index (χ3v) is 3.71. The van der Waals surface area contributed by atoms with E-state index in [2.05, 4.69) is 10.0 Å². The zero-order chi connectivity index (χ0) is 14.3. The number of benzene rings is 1. The predicted octanol–water partition coefficient (Wildman–Crippen LogP) is 1.78. The van der Waals surface area contributed by atoms with Crippen LogP contribution in [0.25, 0.3) is 0 Å². The summed E-state index contributed by atoms with van der Waals surface area (Å²) >= 11 is 0. The van der Waals surface area contributed by atoms with E-state index in [-0.39, 0.29) is 5.75 Å². The largest absolute Gasteiger partial charge is 0.495 e. The minimum Gasteiger partial charge on any atom is -0.495 e. The Morgan fingerprint density at radius 1 is 1.42 bits per heavy atom. The van der Waals surface area contributed by atoms with E-state index in [1.165, 1.54) is 7.11 Å². The second-order valence-corrected chi connectivity index (χ2v) is 5.77. The summed E-state index contributed by atoms with van der Waals surface area (Å²) in [4.78, 5) is 0. The topological polar surface area (TPSA) is 91.2 Å². The molecule has 2 N–H and O–H groups in total. The summed E-state index contributed by atoms with van der Waals surface area (Å²) in [5.41, 5.74) is 1.11. The predicted molar refractivity (Wildman–Crippen MR) is 74.8 cm³/mol. The van der Waals surface area contributed by atoms with Crippen LogP contribution in [-0.2, 0) is 10.0 Å². The van der Waals surface area contributed by atoms with Gasteiger partial charge in [0.25, 0.3) is 0 Å². The molecule has 0 heterocycles. The van der Waals surface area contributed by atoms with Gasteiger partial charge in [0.05, 0.1) is 36.7 Å². The molecule has 0 atom stereocenters. The van der Waals surface area contributed by atoms with Gasteiger partial charge in [-0.05, 0) is 25.1 Å². The van der Waals surface area contributed by atoms with Gasteiger partial charge >= 0.3 is 0 Å². The smallest absolute Gasteiger partial charge is 0.232 e. The summed E-state index contributed by atoms with van der Waals surface area (Å²) in [5, 5.41) is 11.5.